The molecule has 0 saturated carbocycles. The SMILES string of the molecule is CCSCCN1CCNC(CC)(CC)C1. The van der Waals surface area contributed by atoms with Gasteiger partial charge in [0, 0.05) is 37.5 Å². The van der Waals surface area contributed by atoms with Gasteiger partial charge in [0.1, 0.15) is 0 Å². The molecule has 15 heavy (non-hydrogen) atoms. The number of rotatable bonds is 6. The Morgan fingerprint density at radius 1 is 1.27 bits per heavy atom. The van der Waals surface area contributed by atoms with Gasteiger partial charge in [0.25, 0.3) is 0 Å². The van der Waals surface area contributed by atoms with Gasteiger partial charge in [0.2, 0.25) is 0 Å². The van der Waals surface area contributed by atoms with Gasteiger partial charge in [-0.15, -0.1) is 0 Å². The summed E-state index contributed by atoms with van der Waals surface area (Å²) in [5.41, 5.74) is 0.398. The molecule has 0 bridgehead atoms. The van der Waals surface area contributed by atoms with Crippen LogP contribution in [0, 0.1) is 0 Å². The van der Waals surface area contributed by atoms with Crippen LogP contribution in [-0.4, -0.2) is 48.1 Å². The maximum atomic E-state index is 3.70. The Labute approximate surface area is 99.2 Å². The summed E-state index contributed by atoms with van der Waals surface area (Å²) < 4.78 is 0. The first-order valence-corrected chi connectivity index (χ1v) is 7.47. The van der Waals surface area contributed by atoms with Crippen molar-refractivity contribution in [3.05, 3.63) is 0 Å². The first-order valence-electron chi connectivity index (χ1n) is 6.31. The summed E-state index contributed by atoms with van der Waals surface area (Å²) >= 11 is 2.06. The Bertz CT molecular complexity index is 169. The molecule has 0 amide bonds. The summed E-state index contributed by atoms with van der Waals surface area (Å²) in [5, 5.41) is 3.70. The Hall–Kier alpha value is 0.270. The molecule has 1 N–H and O–H groups in total. The molecule has 0 aromatic carbocycles. The molecular weight excluding hydrogens is 204 g/mol. The van der Waals surface area contributed by atoms with E-state index in [2.05, 4.69) is 42.7 Å². The van der Waals surface area contributed by atoms with Gasteiger partial charge >= 0.3 is 0 Å². The minimum Gasteiger partial charge on any atom is -0.309 e. The van der Waals surface area contributed by atoms with Crippen LogP contribution in [0.3, 0.4) is 0 Å². The largest absolute Gasteiger partial charge is 0.309 e. The molecule has 3 heteroatoms. The predicted octanol–water partition coefficient (Wildman–Crippen LogP) is 2.20. The van der Waals surface area contributed by atoms with Crippen molar-refractivity contribution in [3.63, 3.8) is 0 Å². The van der Waals surface area contributed by atoms with Crippen LogP contribution in [-0.2, 0) is 0 Å². The molecule has 0 atom stereocenters. The number of piperazine rings is 1. The fourth-order valence-electron chi connectivity index (χ4n) is 2.29. The predicted molar refractivity (Wildman–Crippen MR) is 70.8 cm³/mol. The van der Waals surface area contributed by atoms with Crippen molar-refractivity contribution in [3.8, 4) is 0 Å². The van der Waals surface area contributed by atoms with Gasteiger partial charge in [0.15, 0.2) is 0 Å². The lowest BCUT2D eigenvalue weighted by Gasteiger charge is -2.43. The van der Waals surface area contributed by atoms with E-state index in [0.29, 0.717) is 5.54 Å². The minimum atomic E-state index is 0.398. The average molecular weight is 230 g/mol. The fourth-order valence-corrected chi connectivity index (χ4v) is 2.97. The number of hydrogen-bond donors (Lipinski definition) is 1. The second-order valence-corrected chi connectivity index (χ2v) is 5.78. The van der Waals surface area contributed by atoms with Gasteiger partial charge in [-0.1, -0.05) is 20.8 Å². The fraction of sp³-hybridized carbons (Fsp3) is 1.00. The molecule has 1 aliphatic rings. The number of hydrogen-bond acceptors (Lipinski definition) is 3. The van der Waals surface area contributed by atoms with Gasteiger partial charge in [0.05, 0.1) is 0 Å². The molecular formula is C12H26N2S. The summed E-state index contributed by atoms with van der Waals surface area (Å²) in [6, 6.07) is 0. The minimum absolute atomic E-state index is 0.398. The monoisotopic (exact) mass is 230 g/mol. The van der Waals surface area contributed by atoms with Gasteiger partial charge in [-0.05, 0) is 18.6 Å². The standard InChI is InChI=1S/C12H26N2S/c1-4-12(5-2)11-14(8-7-13-12)9-10-15-6-3/h13H,4-11H2,1-3H3. The second kappa shape index (κ2) is 6.77. The quantitative estimate of drug-likeness (QED) is 0.704. The Morgan fingerprint density at radius 2 is 2.00 bits per heavy atom. The lowest BCUT2D eigenvalue weighted by molar-refractivity contribution is 0.130. The van der Waals surface area contributed by atoms with E-state index in [0.717, 1.165) is 0 Å². The molecule has 1 fully saturated rings. The Balaban J connectivity index is 2.34. The van der Waals surface area contributed by atoms with Crippen LogP contribution in [0.25, 0.3) is 0 Å². The zero-order valence-corrected chi connectivity index (χ0v) is 11.3. The number of nitrogens with one attached hydrogen (secondary N) is 1. The van der Waals surface area contributed by atoms with E-state index < -0.39 is 0 Å². The van der Waals surface area contributed by atoms with Crippen LogP contribution >= 0.6 is 11.8 Å². The van der Waals surface area contributed by atoms with E-state index in [1.807, 2.05) is 0 Å². The third-order valence-electron chi connectivity index (χ3n) is 3.56. The van der Waals surface area contributed by atoms with Crippen LogP contribution in [0.2, 0.25) is 0 Å². The number of thioether (sulfide) groups is 1. The maximum absolute atomic E-state index is 3.70. The van der Waals surface area contributed by atoms with Crippen molar-refractivity contribution >= 4 is 11.8 Å². The smallest absolute Gasteiger partial charge is 0.0304 e. The van der Waals surface area contributed by atoms with Crippen molar-refractivity contribution in [2.45, 2.75) is 39.2 Å². The molecule has 0 aromatic rings. The molecule has 2 nitrogen and oxygen atoms in total. The Kier molecular flexibility index (Phi) is 6.02. The lowest BCUT2D eigenvalue weighted by atomic mass is 9.90. The molecule has 0 aromatic heterocycles. The highest BCUT2D eigenvalue weighted by atomic mass is 32.2. The third-order valence-corrected chi connectivity index (χ3v) is 4.44. The zero-order valence-electron chi connectivity index (χ0n) is 10.5. The van der Waals surface area contributed by atoms with Crippen LogP contribution < -0.4 is 5.32 Å². The summed E-state index contributed by atoms with van der Waals surface area (Å²) in [6.45, 7) is 11.8. The van der Waals surface area contributed by atoms with Crippen LogP contribution in [0.4, 0.5) is 0 Å². The first kappa shape index (κ1) is 13.3. The van der Waals surface area contributed by atoms with E-state index in [9.17, 15) is 0 Å². The summed E-state index contributed by atoms with van der Waals surface area (Å²) in [4.78, 5) is 2.63. The topological polar surface area (TPSA) is 15.3 Å². The lowest BCUT2D eigenvalue weighted by Crippen LogP contribution is -2.60. The summed E-state index contributed by atoms with van der Waals surface area (Å²) in [6.07, 6.45) is 2.50. The summed E-state index contributed by atoms with van der Waals surface area (Å²) in [5.74, 6) is 2.54. The van der Waals surface area contributed by atoms with Crippen LogP contribution in [0.5, 0.6) is 0 Å². The highest BCUT2D eigenvalue weighted by molar-refractivity contribution is 7.99. The van der Waals surface area contributed by atoms with Crippen LogP contribution in [0.15, 0.2) is 0 Å². The zero-order chi connectivity index (χ0) is 11.1. The van der Waals surface area contributed by atoms with Crippen molar-refractivity contribution in [1.29, 1.82) is 0 Å². The highest BCUT2D eigenvalue weighted by Gasteiger charge is 2.31. The van der Waals surface area contributed by atoms with E-state index >= 15 is 0 Å². The van der Waals surface area contributed by atoms with Gasteiger partial charge < -0.3 is 5.32 Å². The second-order valence-electron chi connectivity index (χ2n) is 4.39. The molecule has 90 valence electrons. The average Bonchev–Trinajstić information content (AvgIpc) is 2.30. The van der Waals surface area contributed by atoms with Gasteiger partial charge in [-0.25, -0.2) is 0 Å². The Morgan fingerprint density at radius 3 is 2.60 bits per heavy atom. The normalized spacial score (nSPS) is 21.8. The maximum Gasteiger partial charge on any atom is 0.0304 e. The van der Waals surface area contributed by atoms with Gasteiger partial charge in [-0.2, -0.15) is 11.8 Å². The van der Waals surface area contributed by atoms with E-state index in [4.69, 9.17) is 0 Å². The molecule has 0 unspecified atom stereocenters. The van der Waals surface area contributed by atoms with Crippen LogP contribution in [0.1, 0.15) is 33.6 Å². The molecule has 0 aliphatic carbocycles. The first-order chi connectivity index (χ1) is 7.26. The molecule has 0 radical (unpaired) electrons. The molecule has 1 aliphatic heterocycles. The third kappa shape index (κ3) is 3.97. The molecule has 1 saturated heterocycles. The molecule has 0 spiro atoms. The van der Waals surface area contributed by atoms with Crippen molar-refractivity contribution < 1.29 is 0 Å². The summed E-state index contributed by atoms with van der Waals surface area (Å²) in [7, 11) is 0. The molecule has 1 heterocycles. The molecule has 1 rings (SSSR count). The van der Waals surface area contributed by atoms with E-state index in [-0.39, 0.29) is 0 Å². The van der Waals surface area contributed by atoms with Crippen molar-refractivity contribution in [2.24, 2.45) is 0 Å². The van der Waals surface area contributed by atoms with E-state index in [1.165, 1.54) is 50.5 Å². The van der Waals surface area contributed by atoms with Gasteiger partial charge in [-0.3, -0.25) is 4.90 Å². The number of nitrogens with zero attached hydrogens (tertiary/aromatic N) is 1. The van der Waals surface area contributed by atoms with E-state index in [1.54, 1.807) is 0 Å². The van der Waals surface area contributed by atoms with Crippen molar-refractivity contribution in [2.75, 3.05) is 37.7 Å². The highest BCUT2D eigenvalue weighted by Crippen LogP contribution is 2.19. The van der Waals surface area contributed by atoms with Crippen molar-refractivity contribution in [1.82, 2.24) is 10.2 Å².